The summed E-state index contributed by atoms with van der Waals surface area (Å²) in [5, 5.41) is 0. The van der Waals surface area contributed by atoms with Crippen molar-refractivity contribution in [1.29, 1.82) is 0 Å². The lowest BCUT2D eigenvalue weighted by molar-refractivity contribution is -0.123. The van der Waals surface area contributed by atoms with Gasteiger partial charge in [-0.1, -0.05) is 42.2 Å². The summed E-state index contributed by atoms with van der Waals surface area (Å²) in [6.07, 6.45) is 12.1. The van der Waals surface area contributed by atoms with Crippen molar-refractivity contribution in [1.82, 2.24) is 4.90 Å². The summed E-state index contributed by atoms with van der Waals surface area (Å²) in [4.78, 5) is 15.0. The Morgan fingerprint density at radius 1 is 1.45 bits per heavy atom. The lowest BCUT2D eigenvalue weighted by Crippen LogP contribution is -2.35. The minimum absolute atomic E-state index is 0.0741. The van der Waals surface area contributed by atoms with Crippen LogP contribution in [-0.2, 0) is 9.53 Å². The van der Waals surface area contributed by atoms with Crippen LogP contribution in [0.2, 0.25) is 0 Å². The molecule has 0 aromatic heterocycles. The number of thioether (sulfide) groups is 1. The largest absolute Gasteiger partial charge is 0.376 e. The molecule has 0 N–H and O–H groups in total. The highest BCUT2D eigenvalue weighted by Gasteiger charge is 2.34. The molecule has 2 atom stereocenters. The lowest BCUT2D eigenvalue weighted by Gasteiger charge is -2.18. The van der Waals surface area contributed by atoms with Crippen LogP contribution in [0.15, 0.2) is 23.1 Å². The number of rotatable bonds is 3. The van der Waals surface area contributed by atoms with Crippen molar-refractivity contribution in [3.8, 4) is 0 Å². The number of nitrogens with zero attached hydrogens (tertiary/aromatic N) is 1. The third-order valence-corrected chi connectivity index (χ3v) is 5.38. The standard InChI is InChI=1S/C15H19NO2S2/c17-14-13(9-11-5-2-1-3-6-11)20-15(19)16(14)10-12-7-4-8-18-12/h1-2,9,11-12H,3-8,10H2/b13-9-/t11-,12-/m0/s1. The first-order valence-electron chi connectivity index (χ1n) is 7.26. The Labute approximate surface area is 129 Å². The monoisotopic (exact) mass is 309 g/mol. The molecule has 5 heteroatoms. The van der Waals surface area contributed by atoms with Gasteiger partial charge in [-0.05, 0) is 38.0 Å². The van der Waals surface area contributed by atoms with Gasteiger partial charge in [0.2, 0.25) is 0 Å². The first-order valence-corrected chi connectivity index (χ1v) is 8.48. The Balaban J connectivity index is 1.66. The molecule has 0 bridgehead atoms. The van der Waals surface area contributed by atoms with E-state index in [-0.39, 0.29) is 12.0 Å². The highest BCUT2D eigenvalue weighted by molar-refractivity contribution is 8.26. The second kappa shape index (κ2) is 6.41. The van der Waals surface area contributed by atoms with E-state index in [2.05, 4.69) is 18.2 Å². The van der Waals surface area contributed by atoms with Crippen LogP contribution in [0.4, 0.5) is 0 Å². The number of carbonyl (C=O) groups is 1. The number of amides is 1. The number of allylic oxidation sites excluding steroid dienone is 3. The first-order chi connectivity index (χ1) is 9.74. The van der Waals surface area contributed by atoms with Gasteiger partial charge in [0.1, 0.15) is 4.32 Å². The molecule has 0 aromatic carbocycles. The van der Waals surface area contributed by atoms with Gasteiger partial charge in [0, 0.05) is 6.61 Å². The summed E-state index contributed by atoms with van der Waals surface area (Å²) in [5.41, 5.74) is 0. The Morgan fingerprint density at radius 3 is 3.05 bits per heavy atom. The second-order valence-corrected chi connectivity index (χ2v) is 7.17. The highest BCUT2D eigenvalue weighted by atomic mass is 32.2. The molecular weight excluding hydrogens is 290 g/mol. The Hall–Kier alpha value is -0.650. The molecule has 2 fully saturated rings. The van der Waals surface area contributed by atoms with Gasteiger partial charge >= 0.3 is 0 Å². The average molecular weight is 309 g/mol. The smallest absolute Gasteiger partial charge is 0.265 e. The maximum atomic E-state index is 12.5. The van der Waals surface area contributed by atoms with E-state index >= 15 is 0 Å². The van der Waals surface area contributed by atoms with Crippen LogP contribution in [-0.4, -0.2) is 34.4 Å². The Morgan fingerprint density at radius 2 is 2.35 bits per heavy atom. The van der Waals surface area contributed by atoms with Crippen LogP contribution >= 0.6 is 24.0 Å². The summed E-state index contributed by atoms with van der Waals surface area (Å²) in [7, 11) is 0. The van der Waals surface area contributed by atoms with Crippen molar-refractivity contribution in [3.05, 3.63) is 23.1 Å². The number of carbonyl (C=O) groups excluding carboxylic acids is 1. The lowest BCUT2D eigenvalue weighted by atomic mass is 9.94. The molecule has 1 amide bonds. The second-order valence-electron chi connectivity index (χ2n) is 5.49. The van der Waals surface area contributed by atoms with Crippen molar-refractivity contribution in [2.24, 2.45) is 5.92 Å². The van der Waals surface area contributed by atoms with Crippen LogP contribution in [0.1, 0.15) is 32.1 Å². The van der Waals surface area contributed by atoms with Crippen molar-refractivity contribution < 1.29 is 9.53 Å². The molecule has 3 aliphatic rings. The summed E-state index contributed by atoms with van der Waals surface area (Å²) < 4.78 is 6.29. The van der Waals surface area contributed by atoms with E-state index in [1.807, 2.05) is 0 Å². The van der Waals surface area contributed by atoms with Crippen molar-refractivity contribution in [3.63, 3.8) is 0 Å². The normalized spacial score (nSPS) is 32.6. The van der Waals surface area contributed by atoms with Gasteiger partial charge < -0.3 is 4.74 Å². The molecular formula is C15H19NO2S2. The zero-order chi connectivity index (χ0) is 13.9. The van der Waals surface area contributed by atoms with E-state index in [0.717, 1.165) is 43.6 Å². The summed E-state index contributed by atoms with van der Waals surface area (Å²) in [5.74, 6) is 0.557. The zero-order valence-electron chi connectivity index (χ0n) is 11.4. The van der Waals surface area contributed by atoms with Gasteiger partial charge in [0.25, 0.3) is 5.91 Å². The number of hydrogen-bond acceptors (Lipinski definition) is 4. The quantitative estimate of drug-likeness (QED) is 0.455. The maximum Gasteiger partial charge on any atom is 0.265 e. The maximum absolute atomic E-state index is 12.5. The minimum atomic E-state index is 0.0741. The van der Waals surface area contributed by atoms with Gasteiger partial charge in [0.05, 0.1) is 17.6 Å². The predicted octanol–water partition coefficient (Wildman–Crippen LogP) is 3.27. The van der Waals surface area contributed by atoms with Crippen molar-refractivity contribution >= 4 is 34.2 Å². The van der Waals surface area contributed by atoms with E-state index in [0.29, 0.717) is 16.8 Å². The molecule has 0 unspecified atom stereocenters. The third-order valence-electron chi connectivity index (χ3n) is 3.98. The van der Waals surface area contributed by atoms with Crippen LogP contribution in [0, 0.1) is 5.92 Å². The summed E-state index contributed by atoms with van der Waals surface area (Å²) in [6, 6.07) is 0. The highest BCUT2D eigenvalue weighted by Crippen LogP contribution is 2.34. The molecule has 0 saturated carbocycles. The Bertz CT molecular complexity index is 466. The SMILES string of the molecule is O=C1/C(=C/[C@H]2CC=CCC2)SC(=S)N1C[C@@H]1CCCO1. The minimum Gasteiger partial charge on any atom is -0.376 e. The fourth-order valence-corrected chi connectivity index (χ4v) is 4.19. The van der Waals surface area contributed by atoms with E-state index in [1.165, 1.54) is 11.8 Å². The van der Waals surface area contributed by atoms with Gasteiger partial charge in [-0.3, -0.25) is 9.69 Å². The van der Waals surface area contributed by atoms with Crippen LogP contribution in [0.5, 0.6) is 0 Å². The van der Waals surface area contributed by atoms with Gasteiger partial charge in [-0.25, -0.2) is 0 Å². The van der Waals surface area contributed by atoms with Crippen LogP contribution < -0.4 is 0 Å². The predicted molar refractivity (Wildman–Crippen MR) is 85.4 cm³/mol. The molecule has 2 heterocycles. The van der Waals surface area contributed by atoms with Gasteiger partial charge in [-0.2, -0.15) is 0 Å². The molecule has 20 heavy (non-hydrogen) atoms. The summed E-state index contributed by atoms with van der Waals surface area (Å²) >= 11 is 6.80. The molecule has 2 aliphatic heterocycles. The third kappa shape index (κ3) is 3.15. The molecule has 108 valence electrons. The molecule has 0 aromatic rings. The van der Waals surface area contributed by atoms with Crippen LogP contribution in [0.25, 0.3) is 0 Å². The topological polar surface area (TPSA) is 29.5 Å². The van der Waals surface area contributed by atoms with Gasteiger partial charge in [-0.15, -0.1) is 0 Å². The molecule has 1 aliphatic carbocycles. The fraction of sp³-hybridized carbons (Fsp3) is 0.600. The number of ether oxygens (including phenoxy) is 1. The number of hydrogen-bond donors (Lipinski definition) is 0. The molecule has 3 nitrogen and oxygen atoms in total. The van der Waals surface area contributed by atoms with Crippen molar-refractivity contribution in [2.75, 3.05) is 13.2 Å². The Kier molecular flexibility index (Phi) is 4.58. The van der Waals surface area contributed by atoms with E-state index in [9.17, 15) is 4.79 Å². The molecule has 0 spiro atoms. The summed E-state index contributed by atoms with van der Waals surface area (Å²) in [6.45, 7) is 1.43. The van der Waals surface area contributed by atoms with E-state index in [4.69, 9.17) is 17.0 Å². The van der Waals surface area contributed by atoms with Gasteiger partial charge in [0.15, 0.2) is 0 Å². The average Bonchev–Trinajstić information content (AvgIpc) is 3.05. The van der Waals surface area contributed by atoms with Crippen LogP contribution in [0.3, 0.4) is 0 Å². The molecule has 0 radical (unpaired) electrons. The number of thiocarbonyl (C=S) groups is 1. The molecule has 3 rings (SSSR count). The molecule has 2 saturated heterocycles. The zero-order valence-corrected chi connectivity index (χ0v) is 13.0. The fourth-order valence-electron chi connectivity index (χ4n) is 2.85. The van der Waals surface area contributed by atoms with E-state index in [1.54, 1.807) is 4.90 Å². The van der Waals surface area contributed by atoms with E-state index < -0.39 is 0 Å². The van der Waals surface area contributed by atoms with Crippen molar-refractivity contribution in [2.45, 2.75) is 38.2 Å². The first kappa shape index (κ1) is 14.3.